The van der Waals surface area contributed by atoms with E-state index in [-0.39, 0.29) is 31.0 Å². The second kappa shape index (κ2) is 8.39. The molecule has 1 N–H and O–H groups in total. The van der Waals surface area contributed by atoms with Crippen LogP contribution in [0.5, 0.6) is 0 Å². The summed E-state index contributed by atoms with van der Waals surface area (Å²) in [6.45, 7) is 7.73. The van der Waals surface area contributed by atoms with Crippen LogP contribution in [0.4, 0.5) is 4.79 Å². The lowest BCUT2D eigenvalue weighted by atomic mass is 10.0. The highest BCUT2D eigenvalue weighted by atomic mass is 16.8. The van der Waals surface area contributed by atoms with Gasteiger partial charge in [-0.25, -0.2) is 4.79 Å². The molecular formula is C20H27NO6. The molecule has 0 radical (unpaired) electrons. The van der Waals surface area contributed by atoms with E-state index in [2.05, 4.69) is 11.9 Å². The Morgan fingerprint density at radius 3 is 2.67 bits per heavy atom. The fourth-order valence-electron chi connectivity index (χ4n) is 3.40. The molecule has 7 heteroatoms. The summed E-state index contributed by atoms with van der Waals surface area (Å²) in [6, 6.07) is 9.17. The molecule has 1 amide bonds. The van der Waals surface area contributed by atoms with Gasteiger partial charge < -0.3 is 29.0 Å². The van der Waals surface area contributed by atoms with Gasteiger partial charge in [-0.05, 0) is 19.4 Å². The van der Waals surface area contributed by atoms with E-state index in [1.807, 2.05) is 44.2 Å². The average molecular weight is 377 g/mol. The number of fused-ring (bicyclic) bond motifs is 1. The maximum atomic E-state index is 12.1. The number of ether oxygens (including phenoxy) is 5. The average Bonchev–Trinajstić information content (AvgIpc) is 3.13. The topological polar surface area (TPSA) is 75.3 Å². The molecule has 2 heterocycles. The van der Waals surface area contributed by atoms with Gasteiger partial charge in [0.15, 0.2) is 12.1 Å². The number of nitrogens with one attached hydrogen (secondary N) is 1. The van der Waals surface area contributed by atoms with Crippen LogP contribution in [-0.4, -0.2) is 49.6 Å². The maximum Gasteiger partial charge on any atom is 0.407 e. The molecule has 2 saturated heterocycles. The SMILES string of the molecule is C=C[C@@H](C[C@H]1O[C@@H](OC)[C@@H]2OC(C)(C)O[C@@H]21)NC(=O)OCc1ccccc1. The smallest absolute Gasteiger partial charge is 0.407 e. The summed E-state index contributed by atoms with van der Waals surface area (Å²) in [5.74, 6) is -0.695. The third-order valence-corrected chi connectivity index (χ3v) is 4.63. The zero-order chi connectivity index (χ0) is 19.4. The second-order valence-electron chi connectivity index (χ2n) is 7.13. The highest BCUT2D eigenvalue weighted by Crippen LogP contribution is 2.40. The molecule has 2 aliphatic rings. The van der Waals surface area contributed by atoms with Crippen LogP contribution >= 0.6 is 0 Å². The van der Waals surface area contributed by atoms with Gasteiger partial charge in [0.2, 0.25) is 0 Å². The molecule has 0 aromatic heterocycles. The molecule has 1 aromatic rings. The minimum absolute atomic E-state index is 0.206. The molecule has 1 aromatic carbocycles. The van der Waals surface area contributed by atoms with E-state index in [0.717, 1.165) is 5.56 Å². The first-order valence-electron chi connectivity index (χ1n) is 9.05. The highest BCUT2D eigenvalue weighted by molar-refractivity contribution is 5.67. The summed E-state index contributed by atoms with van der Waals surface area (Å²) in [4.78, 5) is 12.1. The molecular weight excluding hydrogens is 350 g/mol. The summed E-state index contributed by atoms with van der Waals surface area (Å²) < 4.78 is 28.4. The van der Waals surface area contributed by atoms with Crippen LogP contribution in [0.1, 0.15) is 25.8 Å². The molecule has 0 saturated carbocycles. The van der Waals surface area contributed by atoms with Crippen LogP contribution in [0.15, 0.2) is 43.0 Å². The van der Waals surface area contributed by atoms with Crippen LogP contribution in [0.3, 0.4) is 0 Å². The first kappa shape index (κ1) is 19.8. The van der Waals surface area contributed by atoms with Gasteiger partial charge in [-0.3, -0.25) is 0 Å². The molecule has 0 aliphatic carbocycles. The van der Waals surface area contributed by atoms with Crippen molar-refractivity contribution in [3.63, 3.8) is 0 Å². The van der Waals surface area contributed by atoms with Crippen molar-refractivity contribution in [2.75, 3.05) is 7.11 Å². The van der Waals surface area contributed by atoms with Gasteiger partial charge in [-0.2, -0.15) is 0 Å². The molecule has 0 unspecified atom stereocenters. The number of benzene rings is 1. The fraction of sp³-hybridized carbons (Fsp3) is 0.550. The number of hydrogen-bond acceptors (Lipinski definition) is 6. The van der Waals surface area contributed by atoms with Gasteiger partial charge in [-0.15, -0.1) is 6.58 Å². The lowest BCUT2D eigenvalue weighted by Crippen LogP contribution is -2.39. The van der Waals surface area contributed by atoms with E-state index in [0.29, 0.717) is 6.42 Å². The Morgan fingerprint density at radius 1 is 1.30 bits per heavy atom. The van der Waals surface area contributed by atoms with E-state index in [9.17, 15) is 4.79 Å². The molecule has 0 bridgehead atoms. The summed E-state index contributed by atoms with van der Waals surface area (Å²) in [5, 5.41) is 2.80. The number of methoxy groups -OCH3 is 1. The van der Waals surface area contributed by atoms with Crippen molar-refractivity contribution in [2.24, 2.45) is 0 Å². The van der Waals surface area contributed by atoms with E-state index in [1.54, 1.807) is 13.2 Å². The Labute approximate surface area is 159 Å². The largest absolute Gasteiger partial charge is 0.445 e. The van der Waals surface area contributed by atoms with Crippen LogP contribution in [0.2, 0.25) is 0 Å². The van der Waals surface area contributed by atoms with Crippen molar-refractivity contribution < 1.29 is 28.5 Å². The van der Waals surface area contributed by atoms with E-state index >= 15 is 0 Å². The molecule has 0 spiro atoms. The molecule has 7 nitrogen and oxygen atoms in total. The van der Waals surface area contributed by atoms with Gasteiger partial charge in [0.1, 0.15) is 18.8 Å². The zero-order valence-electron chi connectivity index (χ0n) is 15.9. The van der Waals surface area contributed by atoms with Gasteiger partial charge in [0.05, 0.1) is 12.1 Å². The summed E-state index contributed by atoms with van der Waals surface area (Å²) >= 11 is 0. The van der Waals surface area contributed by atoms with Gasteiger partial charge in [0.25, 0.3) is 0 Å². The third kappa shape index (κ3) is 4.87. The quantitative estimate of drug-likeness (QED) is 0.737. The Balaban J connectivity index is 1.53. The standard InChI is InChI=1S/C20H27NO6/c1-5-14(21-19(22)24-12-13-9-7-6-8-10-13)11-15-16-17(18(23-4)25-15)27-20(2,3)26-16/h5-10,14-18H,1,11-12H2,2-4H3,(H,21,22)/t14-,15+,16+,17+,18+/m0/s1. The summed E-state index contributed by atoms with van der Waals surface area (Å²) in [5.41, 5.74) is 0.923. The van der Waals surface area contributed by atoms with Crippen LogP contribution < -0.4 is 5.32 Å². The second-order valence-corrected chi connectivity index (χ2v) is 7.13. The van der Waals surface area contributed by atoms with Gasteiger partial charge >= 0.3 is 6.09 Å². The Morgan fingerprint density at radius 2 is 2.00 bits per heavy atom. The van der Waals surface area contributed by atoms with Crippen LogP contribution in [-0.2, 0) is 30.3 Å². The highest BCUT2D eigenvalue weighted by Gasteiger charge is 2.55. The molecule has 27 heavy (non-hydrogen) atoms. The minimum atomic E-state index is -0.695. The predicted molar refractivity (Wildman–Crippen MR) is 97.9 cm³/mol. The number of carbonyl (C=O) groups is 1. The number of hydrogen-bond donors (Lipinski definition) is 1. The van der Waals surface area contributed by atoms with Crippen molar-refractivity contribution in [3.8, 4) is 0 Å². The number of alkyl carbamates (subject to hydrolysis) is 1. The zero-order valence-corrected chi connectivity index (χ0v) is 15.9. The summed E-state index contributed by atoms with van der Waals surface area (Å²) in [7, 11) is 1.57. The van der Waals surface area contributed by atoms with Crippen LogP contribution in [0, 0.1) is 0 Å². The summed E-state index contributed by atoms with van der Waals surface area (Å²) in [6.07, 6.45) is 0.259. The predicted octanol–water partition coefficient (Wildman–Crippen LogP) is 2.75. The van der Waals surface area contributed by atoms with E-state index in [1.165, 1.54) is 0 Å². The van der Waals surface area contributed by atoms with Crippen molar-refractivity contribution in [1.82, 2.24) is 5.32 Å². The first-order chi connectivity index (χ1) is 12.9. The van der Waals surface area contributed by atoms with Crippen molar-refractivity contribution in [1.29, 1.82) is 0 Å². The molecule has 3 rings (SSSR count). The lowest BCUT2D eigenvalue weighted by Gasteiger charge is -2.25. The fourth-order valence-corrected chi connectivity index (χ4v) is 3.40. The first-order valence-corrected chi connectivity index (χ1v) is 9.05. The third-order valence-electron chi connectivity index (χ3n) is 4.63. The maximum absolute atomic E-state index is 12.1. The Bertz CT molecular complexity index is 649. The molecule has 2 aliphatic heterocycles. The van der Waals surface area contributed by atoms with Crippen LogP contribution in [0.25, 0.3) is 0 Å². The van der Waals surface area contributed by atoms with Crippen molar-refractivity contribution in [3.05, 3.63) is 48.6 Å². The van der Waals surface area contributed by atoms with E-state index in [4.69, 9.17) is 23.7 Å². The lowest BCUT2D eigenvalue weighted by molar-refractivity contribution is -0.227. The molecule has 5 atom stereocenters. The Hall–Kier alpha value is -1.93. The minimum Gasteiger partial charge on any atom is -0.445 e. The Kier molecular flexibility index (Phi) is 6.16. The van der Waals surface area contributed by atoms with Crippen molar-refractivity contribution in [2.45, 2.75) is 63.3 Å². The number of amides is 1. The number of rotatable bonds is 7. The van der Waals surface area contributed by atoms with Gasteiger partial charge in [-0.1, -0.05) is 36.4 Å². The molecule has 2 fully saturated rings. The number of carbonyl (C=O) groups excluding carboxylic acids is 1. The van der Waals surface area contributed by atoms with E-state index < -0.39 is 18.2 Å². The monoisotopic (exact) mass is 377 g/mol. The normalized spacial score (nSPS) is 29.7. The van der Waals surface area contributed by atoms with Crippen molar-refractivity contribution >= 4 is 6.09 Å². The van der Waals surface area contributed by atoms with Gasteiger partial charge in [0, 0.05) is 13.5 Å². The molecule has 148 valence electrons.